The highest BCUT2D eigenvalue weighted by atomic mass is 19.1. The average molecular weight is 484 g/mol. The SMILES string of the molecule is CCc1cnc(Nc2ccc(N3CCN(C)CC3)c(F)c2)nc1N(C1CCCCC1)C(C)C(N)=O. The van der Waals surface area contributed by atoms with E-state index in [2.05, 4.69) is 39.0 Å². The molecule has 2 aromatic rings. The molecule has 35 heavy (non-hydrogen) atoms. The van der Waals surface area contributed by atoms with Crippen LogP contribution < -0.4 is 20.9 Å². The van der Waals surface area contributed by atoms with Crippen molar-refractivity contribution in [1.29, 1.82) is 0 Å². The minimum absolute atomic E-state index is 0.208. The Bertz CT molecular complexity index is 1020. The van der Waals surface area contributed by atoms with Gasteiger partial charge in [-0.3, -0.25) is 4.79 Å². The third-order valence-corrected chi connectivity index (χ3v) is 7.31. The first-order chi connectivity index (χ1) is 16.9. The van der Waals surface area contributed by atoms with E-state index in [0.717, 1.165) is 69.7 Å². The van der Waals surface area contributed by atoms with Crippen LogP contribution in [0.3, 0.4) is 0 Å². The first-order valence-corrected chi connectivity index (χ1v) is 12.8. The molecule has 1 aromatic heterocycles. The molecule has 2 heterocycles. The molecule has 3 N–H and O–H groups in total. The number of nitrogens with zero attached hydrogens (tertiary/aromatic N) is 5. The number of halogens is 1. The quantitative estimate of drug-likeness (QED) is 0.592. The monoisotopic (exact) mass is 483 g/mol. The lowest BCUT2D eigenvalue weighted by Crippen LogP contribution is -2.50. The van der Waals surface area contributed by atoms with Crippen molar-refractivity contribution in [2.75, 3.05) is 48.3 Å². The fourth-order valence-corrected chi connectivity index (χ4v) is 5.12. The number of nitrogens with one attached hydrogen (secondary N) is 1. The number of aryl methyl sites for hydroxylation is 1. The molecule has 190 valence electrons. The second-order valence-corrected chi connectivity index (χ2v) is 9.75. The lowest BCUT2D eigenvalue weighted by Gasteiger charge is -2.39. The third kappa shape index (κ3) is 5.83. The Kier molecular flexibility index (Phi) is 8.05. The first-order valence-electron chi connectivity index (χ1n) is 12.8. The highest BCUT2D eigenvalue weighted by molar-refractivity contribution is 5.83. The van der Waals surface area contributed by atoms with Crippen molar-refractivity contribution in [3.05, 3.63) is 35.8 Å². The van der Waals surface area contributed by atoms with Crippen LogP contribution in [0.15, 0.2) is 24.4 Å². The fraction of sp³-hybridized carbons (Fsp3) is 0.577. The van der Waals surface area contributed by atoms with Gasteiger partial charge in [0.05, 0.1) is 5.69 Å². The molecule has 0 radical (unpaired) electrons. The van der Waals surface area contributed by atoms with Crippen molar-refractivity contribution in [3.63, 3.8) is 0 Å². The number of rotatable bonds is 8. The van der Waals surface area contributed by atoms with Crippen molar-refractivity contribution in [2.24, 2.45) is 5.73 Å². The van der Waals surface area contributed by atoms with Crippen LogP contribution in [0.25, 0.3) is 0 Å². The summed E-state index contributed by atoms with van der Waals surface area (Å²) in [6.07, 6.45) is 8.01. The van der Waals surface area contributed by atoms with E-state index in [1.54, 1.807) is 6.20 Å². The summed E-state index contributed by atoms with van der Waals surface area (Å²) in [6.45, 7) is 7.34. The van der Waals surface area contributed by atoms with E-state index < -0.39 is 6.04 Å². The number of piperazine rings is 1. The number of anilines is 4. The third-order valence-electron chi connectivity index (χ3n) is 7.31. The highest BCUT2D eigenvalue weighted by Crippen LogP contribution is 2.32. The smallest absolute Gasteiger partial charge is 0.239 e. The molecule has 0 bridgehead atoms. The van der Waals surface area contributed by atoms with Gasteiger partial charge in [0.15, 0.2) is 0 Å². The van der Waals surface area contributed by atoms with Crippen LogP contribution in [0, 0.1) is 5.82 Å². The van der Waals surface area contributed by atoms with Crippen LogP contribution in [0.5, 0.6) is 0 Å². The molecule has 9 heteroatoms. The number of carbonyl (C=O) groups is 1. The summed E-state index contributed by atoms with van der Waals surface area (Å²) in [5.41, 5.74) is 7.91. The molecule has 2 fully saturated rings. The number of benzene rings is 1. The average Bonchev–Trinajstić information content (AvgIpc) is 2.86. The van der Waals surface area contributed by atoms with Crippen LogP contribution >= 0.6 is 0 Å². The van der Waals surface area contributed by atoms with Gasteiger partial charge in [-0.2, -0.15) is 4.98 Å². The largest absolute Gasteiger partial charge is 0.368 e. The number of likely N-dealkylation sites (N-methyl/N-ethyl adjacent to an activating group) is 1. The zero-order chi connectivity index (χ0) is 24.9. The molecular weight excluding hydrogens is 445 g/mol. The molecule has 1 amide bonds. The number of hydrogen-bond acceptors (Lipinski definition) is 7. The summed E-state index contributed by atoms with van der Waals surface area (Å²) in [6, 6.07) is 4.90. The molecule has 1 unspecified atom stereocenters. The Balaban J connectivity index is 1.59. The topological polar surface area (TPSA) is 90.6 Å². The van der Waals surface area contributed by atoms with Gasteiger partial charge in [-0.1, -0.05) is 26.2 Å². The van der Waals surface area contributed by atoms with Crippen molar-refractivity contribution in [3.8, 4) is 0 Å². The van der Waals surface area contributed by atoms with Crippen molar-refractivity contribution in [1.82, 2.24) is 14.9 Å². The van der Waals surface area contributed by atoms with Gasteiger partial charge in [-0.25, -0.2) is 9.37 Å². The zero-order valence-electron chi connectivity index (χ0n) is 21.1. The Labute approximate surface area is 207 Å². The van der Waals surface area contributed by atoms with Crippen molar-refractivity contribution >= 4 is 29.0 Å². The normalized spacial score (nSPS) is 18.3. The maximum Gasteiger partial charge on any atom is 0.239 e. The Hall–Kier alpha value is -2.94. The van der Waals surface area contributed by atoms with E-state index in [0.29, 0.717) is 17.3 Å². The number of hydrogen-bond donors (Lipinski definition) is 2. The summed E-state index contributed by atoms with van der Waals surface area (Å²) in [5, 5.41) is 3.17. The first kappa shape index (κ1) is 25.2. The van der Waals surface area contributed by atoms with Gasteiger partial charge in [0, 0.05) is 49.7 Å². The Morgan fingerprint density at radius 3 is 2.57 bits per heavy atom. The van der Waals surface area contributed by atoms with E-state index in [9.17, 15) is 4.79 Å². The van der Waals surface area contributed by atoms with Gasteiger partial charge >= 0.3 is 0 Å². The van der Waals surface area contributed by atoms with Crippen molar-refractivity contribution in [2.45, 2.75) is 64.5 Å². The highest BCUT2D eigenvalue weighted by Gasteiger charge is 2.31. The van der Waals surface area contributed by atoms with E-state index in [1.165, 1.54) is 12.5 Å². The van der Waals surface area contributed by atoms with Crippen LogP contribution in [-0.4, -0.2) is 66.1 Å². The minimum Gasteiger partial charge on any atom is -0.368 e. The molecule has 1 atom stereocenters. The summed E-state index contributed by atoms with van der Waals surface area (Å²) >= 11 is 0. The van der Waals surface area contributed by atoms with Gasteiger partial charge in [-0.05, 0) is 51.4 Å². The Morgan fingerprint density at radius 1 is 1.23 bits per heavy atom. The molecular formula is C26H38FN7O. The van der Waals surface area contributed by atoms with Gasteiger partial charge in [0.25, 0.3) is 0 Å². The van der Waals surface area contributed by atoms with E-state index in [1.807, 2.05) is 19.1 Å². The predicted molar refractivity (Wildman–Crippen MR) is 139 cm³/mol. The summed E-state index contributed by atoms with van der Waals surface area (Å²) in [5.74, 6) is 0.475. The number of nitrogens with two attached hydrogens (primary N) is 1. The molecule has 4 rings (SSSR count). The molecule has 0 spiro atoms. The maximum absolute atomic E-state index is 15.0. The summed E-state index contributed by atoms with van der Waals surface area (Å²) in [4.78, 5) is 27.9. The second-order valence-electron chi connectivity index (χ2n) is 9.75. The van der Waals surface area contributed by atoms with Gasteiger partial charge in [0.1, 0.15) is 17.7 Å². The van der Waals surface area contributed by atoms with E-state index in [-0.39, 0.29) is 17.8 Å². The molecule has 2 aliphatic rings. The minimum atomic E-state index is -0.480. The van der Waals surface area contributed by atoms with Gasteiger partial charge in [-0.15, -0.1) is 0 Å². The zero-order valence-corrected chi connectivity index (χ0v) is 21.1. The molecule has 1 aromatic carbocycles. The fourth-order valence-electron chi connectivity index (χ4n) is 5.12. The Morgan fingerprint density at radius 2 is 1.94 bits per heavy atom. The number of primary amides is 1. The summed E-state index contributed by atoms with van der Waals surface area (Å²) in [7, 11) is 2.08. The van der Waals surface area contributed by atoms with Crippen LogP contribution in [0.2, 0.25) is 0 Å². The van der Waals surface area contributed by atoms with Crippen LogP contribution in [0.1, 0.15) is 51.5 Å². The second kappa shape index (κ2) is 11.2. The maximum atomic E-state index is 15.0. The number of amides is 1. The van der Waals surface area contributed by atoms with E-state index >= 15 is 4.39 Å². The van der Waals surface area contributed by atoms with E-state index in [4.69, 9.17) is 10.7 Å². The molecule has 1 aliphatic carbocycles. The van der Waals surface area contributed by atoms with Crippen LogP contribution in [-0.2, 0) is 11.2 Å². The predicted octanol–water partition coefficient (Wildman–Crippen LogP) is 3.69. The molecule has 8 nitrogen and oxygen atoms in total. The van der Waals surface area contributed by atoms with Gasteiger partial charge in [0.2, 0.25) is 11.9 Å². The molecule has 1 saturated heterocycles. The molecule has 1 saturated carbocycles. The standard InChI is InChI=1S/C26H38FN7O/c1-4-19-17-29-26(31-25(19)34(18(2)24(28)35)21-8-6-5-7-9-21)30-20-10-11-23(22(27)16-20)33-14-12-32(3)13-15-33/h10-11,16-18,21H,4-9,12-15H2,1-3H3,(H2,28,35)(H,29,30,31). The van der Waals surface area contributed by atoms with Crippen LogP contribution in [0.4, 0.5) is 27.5 Å². The number of carbonyl (C=O) groups excluding carboxylic acids is 1. The molecule has 1 aliphatic heterocycles. The lowest BCUT2D eigenvalue weighted by molar-refractivity contribution is -0.119. The van der Waals surface area contributed by atoms with Crippen molar-refractivity contribution < 1.29 is 9.18 Å². The summed E-state index contributed by atoms with van der Waals surface area (Å²) < 4.78 is 15.0. The number of aromatic nitrogens is 2. The lowest BCUT2D eigenvalue weighted by atomic mass is 9.92. The van der Waals surface area contributed by atoms with Gasteiger partial charge < -0.3 is 25.8 Å².